The first kappa shape index (κ1) is 17.7. The number of phenols is 1. The maximum atomic E-state index is 11.7. The second-order valence-electron chi connectivity index (χ2n) is 4.67. The van der Waals surface area contributed by atoms with Crippen LogP contribution in [0.4, 0.5) is 5.82 Å². The van der Waals surface area contributed by atoms with Crippen LogP contribution in [0.5, 0.6) is 11.5 Å². The number of hydrogen-bond donors (Lipinski definition) is 2. The summed E-state index contributed by atoms with van der Waals surface area (Å²) in [7, 11) is -0.717. The summed E-state index contributed by atoms with van der Waals surface area (Å²) in [5.74, 6) is 0.921. The van der Waals surface area contributed by atoms with Crippen LogP contribution in [0.3, 0.4) is 0 Å². The summed E-state index contributed by atoms with van der Waals surface area (Å²) >= 11 is 0. The summed E-state index contributed by atoms with van der Waals surface area (Å²) in [5.41, 5.74) is 0.647. The summed E-state index contributed by atoms with van der Waals surface area (Å²) in [4.78, 5) is 8.24. The average molecular weight is 508 g/mol. The number of ether oxygens (including phenoxy) is 1. The van der Waals surface area contributed by atoms with E-state index in [1.807, 2.05) is 0 Å². The number of rotatable bonds is 4. The van der Waals surface area contributed by atoms with E-state index in [0.29, 0.717) is 28.8 Å². The molecule has 0 fully saturated rings. The van der Waals surface area contributed by atoms with Crippen LogP contribution in [-0.2, 0) is 4.57 Å². The van der Waals surface area contributed by atoms with Gasteiger partial charge in [-0.15, -0.1) is 0 Å². The number of phenolic OH excluding ortho intramolecular Hbond substituents is 1. The monoisotopic (exact) mass is 508 g/mol. The number of aromatic nitrogens is 2. The maximum Gasteiger partial charge on any atom is 0.162 e. The van der Waals surface area contributed by atoms with Gasteiger partial charge in [0.1, 0.15) is 12.1 Å². The third kappa shape index (κ3) is 4.31. The molecule has 0 atom stereocenters. The van der Waals surface area contributed by atoms with Crippen molar-refractivity contribution in [1.82, 2.24) is 9.97 Å². The summed E-state index contributed by atoms with van der Waals surface area (Å²) in [6.07, 6.45) is 1.75. The first-order valence-corrected chi connectivity index (χ1v) is 8.49. The molecule has 0 aliphatic rings. The van der Waals surface area contributed by atoms with Crippen molar-refractivity contribution in [3.63, 3.8) is 0 Å². The van der Waals surface area contributed by atoms with Crippen molar-refractivity contribution in [1.29, 1.82) is 0 Å². The molecule has 0 spiro atoms. The van der Waals surface area contributed by atoms with Crippen molar-refractivity contribution in [3.05, 3.63) is 18.5 Å². The molecule has 2 N–H and O–H groups in total. The van der Waals surface area contributed by atoms with Crippen molar-refractivity contribution in [2.24, 2.45) is 0 Å². The quantitative estimate of drug-likeness (QED) is 0.618. The van der Waals surface area contributed by atoms with Gasteiger partial charge in [-0.2, -0.15) is 0 Å². The normalized spacial score (nSPS) is 10.9. The van der Waals surface area contributed by atoms with E-state index in [0.717, 1.165) is 0 Å². The minimum absolute atomic E-state index is 0. The van der Waals surface area contributed by atoms with Crippen LogP contribution in [0.25, 0.3) is 10.9 Å². The van der Waals surface area contributed by atoms with E-state index >= 15 is 0 Å². The van der Waals surface area contributed by atoms with Gasteiger partial charge >= 0.3 is 0 Å². The fraction of sp³-hybridized carbons (Fsp3) is 0.333. The molecule has 1 aromatic heterocycles. The number of aromatic hydroxyl groups is 1. The van der Waals surface area contributed by atoms with Crippen molar-refractivity contribution >= 4 is 23.9 Å². The Hall–Kier alpha value is -0.368. The van der Waals surface area contributed by atoms with Gasteiger partial charge in [-0.1, -0.05) is 0 Å². The molecule has 20 heavy (non-hydrogen) atoms. The molecule has 105 valence electrons. The molecule has 0 aliphatic heterocycles. The van der Waals surface area contributed by atoms with Crippen molar-refractivity contribution < 1.29 is 58.5 Å². The third-order valence-electron chi connectivity index (χ3n) is 2.56. The average Bonchev–Trinajstić information content (AvgIpc) is 2.34. The van der Waals surface area contributed by atoms with Gasteiger partial charge < -0.3 is 19.7 Å². The molecular weight excluding hydrogens is 492 g/mol. The fourth-order valence-electron chi connectivity index (χ4n) is 1.64. The van der Waals surface area contributed by atoms with E-state index in [2.05, 4.69) is 15.3 Å². The van der Waals surface area contributed by atoms with Crippen molar-refractivity contribution in [2.45, 2.75) is 0 Å². The predicted octanol–water partition coefficient (Wildman–Crippen LogP) is 2.34. The minimum Gasteiger partial charge on any atom is -0.504 e. The Labute approximate surface area is 153 Å². The Bertz CT molecular complexity index is 660. The van der Waals surface area contributed by atoms with Gasteiger partial charge in [0, 0.05) is 55.5 Å². The standard InChI is InChI=1S/C12H16N3O3P.Ac/c1-18-11-5-9-8(4-10(11)16)12(14-6-13-9)15-7-19(2,3)17;/h4-6,16H,7H2,1-3H3,(H,13,14,15);. The van der Waals surface area contributed by atoms with Crippen LogP contribution >= 0.6 is 7.14 Å². The second kappa shape index (κ2) is 7.07. The van der Waals surface area contributed by atoms with E-state index in [9.17, 15) is 9.67 Å². The Kier molecular flexibility index (Phi) is 6.25. The first-order valence-electron chi connectivity index (χ1n) is 5.70. The van der Waals surface area contributed by atoms with Gasteiger partial charge in [0.05, 0.1) is 26.1 Å². The number of benzene rings is 1. The topological polar surface area (TPSA) is 84.3 Å². The summed E-state index contributed by atoms with van der Waals surface area (Å²) in [5, 5.41) is 13.5. The molecule has 1 radical (unpaired) electrons. The van der Waals surface area contributed by atoms with Crippen molar-refractivity contribution in [2.75, 3.05) is 32.0 Å². The van der Waals surface area contributed by atoms with Crippen molar-refractivity contribution in [3.8, 4) is 11.5 Å². The number of methoxy groups -OCH3 is 1. The fourth-order valence-corrected chi connectivity index (χ4v) is 2.17. The number of anilines is 1. The molecule has 1 aromatic carbocycles. The summed E-state index contributed by atoms with van der Waals surface area (Å²) < 4.78 is 16.7. The van der Waals surface area contributed by atoms with E-state index < -0.39 is 7.14 Å². The smallest absolute Gasteiger partial charge is 0.162 e. The van der Waals surface area contributed by atoms with E-state index in [1.165, 1.54) is 19.5 Å². The molecular formula is C12H16AcN3O3P. The summed E-state index contributed by atoms with van der Waals surface area (Å²) in [6.45, 7) is 3.40. The second-order valence-corrected chi connectivity index (χ2v) is 8.14. The van der Waals surface area contributed by atoms with Gasteiger partial charge in [-0.25, -0.2) is 9.97 Å². The minimum atomic E-state index is -2.20. The summed E-state index contributed by atoms with van der Waals surface area (Å²) in [6, 6.07) is 3.17. The maximum absolute atomic E-state index is 11.7. The first-order chi connectivity index (χ1) is 8.90. The van der Waals surface area contributed by atoms with Crippen LogP contribution in [0.1, 0.15) is 0 Å². The molecule has 0 amide bonds. The Morgan fingerprint density at radius 2 is 2.05 bits per heavy atom. The van der Waals surface area contributed by atoms with Gasteiger partial charge in [0.25, 0.3) is 0 Å². The molecule has 8 heteroatoms. The number of fused-ring (bicyclic) bond motifs is 1. The van der Waals surface area contributed by atoms with Crippen LogP contribution < -0.4 is 10.1 Å². The SMILES string of the molecule is COc1cc2ncnc(NCP(C)(C)=O)c2cc1O.[Ac]. The zero-order chi connectivity index (χ0) is 14.0. The van der Waals surface area contributed by atoms with Crippen LogP contribution in [0.2, 0.25) is 0 Å². The Morgan fingerprint density at radius 1 is 1.35 bits per heavy atom. The van der Waals surface area contributed by atoms with E-state index in [1.54, 1.807) is 19.4 Å². The number of nitrogens with one attached hydrogen (secondary N) is 1. The number of nitrogens with zero attached hydrogens (tertiary/aromatic N) is 2. The third-order valence-corrected chi connectivity index (χ3v) is 3.48. The molecule has 2 rings (SSSR count). The molecule has 0 aliphatic carbocycles. The molecule has 0 saturated carbocycles. The number of hydrogen-bond acceptors (Lipinski definition) is 6. The molecule has 0 saturated heterocycles. The van der Waals surface area contributed by atoms with Gasteiger partial charge in [-0.3, -0.25) is 0 Å². The molecule has 6 nitrogen and oxygen atoms in total. The molecule has 1 heterocycles. The Balaban J connectivity index is 0.00000200. The van der Waals surface area contributed by atoms with Crippen LogP contribution in [-0.4, -0.2) is 41.8 Å². The van der Waals surface area contributed by atoms with Gasteiger partial charge in [0.2, 0.25) is 0 Å². The molecule has 0 unspecified atom stereocenters. The van der Waals surface area contributed by atoms with Gasteiger partial charge in [-0.05, 0) is 19.4 Å². The van der Waals surface area contributed by atoms with E-state index in [-0.39, 0.29) is 49.8 Å². The van der Waals surface area contributed by atoms with E-state index in [4.69, 9.17) is 4.74 Å². The zero-order valence-electron chi connectivity index (χ0n) is 11.6. The predicted molar refractivity (Wildman–Crippen MR) is 75.7 cm³/mol. The van der Waals surface area contributed by atoms with Gasteiger partial charge in [0.15, 0.2) is 11.5 Å². The van der Waals surface area contributed by atoms with Crippen LogP contribution in [0, 0.1) is 44.1 Å². The largest absolute Gasteiger partial charge is 0.504 e. The van der Waals surface area contributed by atoms with Crippen LogP contribution in [0.15, 0.2) is 18.5 Å². The Morgan fingerprint density at radius 3 is 2.65 bits per heavy atom. The zero-order valence-corrected chi connectivity index (χ0v) is 17.3. The molecule has 0 bridgehead atoms. The molecule has 2 aromatic rings.